The highest BCUT2D eigenvalue weighted by Gasteiger charge is 2.36. The summed E-state index contributed by atoms with van der Waals surface area (Å²) in [5.41, 5.74) is 4.49. The zero-order valence-corrected chi connectivity index (χ0v) is 14.9. The summed E-state index contributed by atoms with van der Waals surface area (Å²) in [5.74, 6) is 0. The van der Waals surface area contributed by atoms with Crippen molar-refractivity contribution in [1.82, 2.24) is 25.3 Å². The monoisotopic (exact) mass is 348 g/mol. The molecule has 0 aliphatic carbocycles. The van der Waals surface area contributed by atoms with Gasteiger partial charge in [0.05, 0.1) is 16.8 Å². The minimum atomic E-state index is 0.275. The average Bonchev–Trinajstić information content (AvgIpc) is 3.14. The van der Waals surface area contributed by atoms with E-state index in [9.17, 15) is 0 Å². The molecule has 26 heavy (non-hydrogen) atoms. The molecule has 6 nitrogen and oxygen atoms in total. The van der Waals surface area contributed by atoms with Gasteiger partial charge in [-0.05, 0) is 44.4 Å². The lowest BCUT2D eigenvalue weighted by Gasteiger charge is -2.47. The first-order valence-corrected chi connectivity index (χ1v) is 9.57. The van der Waals surface area contributed by atoms with Gasteiger partial charge in [-0.2, -0.15) is 0 Å². The number of nitrogens with one attached hydrogen (secondary N) is 2. The lowest BCUT2D eigenvalue weighted by molar-refractivity contribution is 0.216. The van der Waals surface area contributed by atoms with Crippen molar-refractivity contribution in [2.75, 3.05) is 24.5 Å². The van der Waals surface area contributed by atoms with Crippen molar-refractivity contribution in [1.29, 1.82) is 0 Å². The van der Waals surface area contributed by atoms with Crippen LogP contribution >= 0.6 is 0 Å². The number of aromatic nitrogens is 4. The SMILES string of the molecule is c1cc(-c2c[nH]c3nccc(N4CCC[C@]5(CCCCN5)C4)c23)ncn1. The predicted molar refractivity (Wildman–Crippen MR) is 103 cm³/mol. The van der Waals surface area contributed by atoms with Crippen LogP contribution in [0.15, 0.2) is 37.1 Å². The summed E-state index contributed by atoms with van der Waals surface area (Å²) in [6.45, 7) is 3.31. The van der Waals surface area contributed by atoms with Gasteiger partial charge in [0.2, 0.25) is 0 Å². The van der Waals surface area contributed by atoms with Crippen LogP contribution in [0.2, 0.25) is 0 Å². The molecular formula is C20H24N6. The van der Waals surface area contributed by atoms with Gasteiger partial charge in [0.1, 0.15) is 12.0 Å². The number of hydrogen-bond donors (Lipinski definition) is 2. The van der Waals surface area contributed by atoms with Crippen LogP contribution in [-0.2, 0) is 0 Å². The van der Waals surface area contributed by atoms with Crippen LogP contribution in [0.4, 0.5) is 5.69 Å². The van der Waals surface area contributed by atoms with Gasteiger partial charge in [-0.25, -0.2) is 15.0 Å². The number of rotatable bonds is 2. The van der Waals surface area contributed by atoms with Gasteiger partial charge in [-0.15, -0.1) is 0 Å². The van der Waals surface area contributed by atoms with Crippen LogP contribution in [0, 0.1) is 0 Å². The van der Waals surface area contributed by atoms with Crippen molar-refractivity contribution in [2.45, 2.75) is 37.6 Å². The van der Waals surface area contributed by atoms with Crippen LogP contribution in [0.5, 0.6) is 0 Å². The van der Waals surface area contributed by atoms with Crippen LogP contribution < -0.4 is 10.2 Å². The number of fused-ring (bicyclic) bond motifs is 1. The number of piperidine rings is 2. The fourth-order valence-electron chi connectivity index (χ4n) is 4.67. The van der Waals surface area contributed by atoms with E-state index in [-0.39, 0.29) is 5.54 Å². The Bertz CT molecular complexity index is 892. The molecule has 6 heteroatoms. The van der Waals surface area contributed by atoms with Gasteiger partial charge in [0.25, 0.3) is 0 Å². The second kappa shape index (κ2) is 6.36. The number of anilines is 1. The fourth-order valence-corrected chi connectivity index (χ4v) is 4.67. The molecule has 3 aromatic heterocycles. The Hall–Kier alpha value is -2.47. The van der Waals surface area contributed by atoms with E-state index in [1.165, 1.54) is 43.2 Å². The second-order valence-electron chi connectivity index (χ2n) is 7.54. The summed E-state index contributed by atoms with van der Waals surface area (Å²) in [6, 6.07) is 4.11. The van der Waals surface area contributed by atoms with E-state index in [0.717, 1.165) is 36.5 Å². The third-order valence-corrected chi connectivity index (χ3v) is 5.91. The molecule has 1 spiro atoms. The zero-order valence-electron chi connectivity index (χ0n) is 14.9. The first kappa shape index (κ1) is 15.8. The Labute approximate surface area is 153 Å². The molecule has 0 amide bonds. The van der Waals surface area contributed by atoms with Gasteiger partial charge in [0.15, 0.2) is 0 Å². The smallest absolute Gasteiger partial charge is 0.140 e. The van der Waals surface area contributed by atoms with Crippen LogP contribution in [0.3, 0.4) is 0 Å². The van der Waals surface area contributed by atoms with E-state index in [1.807, 2.05) is 18.5 Å². The molecule has 2 fully saturated rings. The van der Waals surface area contributed by atoms with E-state index in [2.05, 4.69) is 36.2 Å². The number of H-pyrrole nitrogens is 1. The van der Waals surface area contributed by atoms with Crippen molar-refractivity contribution in [3.63, 3.8) is 0 Å². The summed E-state index contributed by atoms with van der Waals surface area (Å²) in [5, 5.41) is 5.00. The Morgan fingerprint density at radius 2 is 2.00 bits per heavy atom. The number of aromatic amines is 1. The molecule has 5 heterocycles. The molecule has 2 N–H and O–H groups in total. The molecule has 0 radical (unpaired) electrons. The van der Waals surface area contributed by atoms with E-state index >= 15 is 0 Å². The third-order valence-electron chi connectivity index (χ3n) is 5.91. The van der Waals surface area contributed by atoms with Gasteiger partial charge in [-0.3, -0.25) is 0 Å². The summed E-state index contributed by atoms with van der Waals surface area (Å²) in [7, 11) is 0. The third kappa shape index (κ3) is 2.65. The topological polar surface area (TPSA) is 69.7 Å². The molecule has 0 unspecified atom stereocenters. The largest absolute Gasteiger partial charge is 0.369 e. The highest BCUT2D eigenvalue weighted by Crippen LogP contribution is 2.37. The predicted octanol–water partition coefficient (Wildman–Crippen LogP) is 3.13. The van der Waals surface area contributed by atoms with E-state index in [0.29, 0.717) is 0 Å². The van der Waals surface area contributed by atoms with Crippen molar-refractivity contribution in [3.8, 4) is 11.3 Å². The number of pyridine rings is 1. The van der Waals surface area contributed by atoms with Gasteiger partial charge < -0.3 is 15.2 Å². The molecule has 3 aromatic rings. The maximum atomic E-state index is 4.55. The molecule has 0 aromatic carbocycles. The molecule has 2 aliphatic rings. The summed E-state index contributed by atoms with van der Waals surface area (Å²) in [6.07, 6.45) is 13.7. The van der Waals surface area contributed by atoms with Crippen LogP contribution in [0.25, 0.3) is 22.3 Å². The average molecular weight is 348 g/mol. The molecule has 1 atom stereocenters. The minimum Gasteiger partial charge on any atom is -0.369 e. The first-order chi connectivity index (χ1) is 12.8. The summed E-state index contributed by atoms with van der Waals surface area (Å²) >= 11 is 0. The van der Waals surface area contributed by atoms with Crippen LogP contribution in [0.1, 0.15) is 32.1 Å². The number of nitrogens with zero attached hydrogens (tertiary/aromatic N) is 4. The minimum absolute atomic E-state index is 0.275. The van der Waals surface area contributed by atoms with Crippen molar-refractivity contribution < 1.29 is 0 Å². The molecule has 134 valence electrons. The molecular weight excluding hydrogens is 324 g/mol. The fraction of sp³-hybridized carbons (Fsp3) is 0.450. The van der Waals surface area contributed by atoms with E-state index in [4.69, 9.17) is 0 Å². The molecule has 0 saturated carbocycles. The lowest BCUT2D eigenvalue weighted by Crippen LogP contribution is -2.59. The number of hydrogen-bond acceptors (Lipinski definition) is 5. The highest BCUT2D eigenvalue weighted by molar-refractivity contribution is 6.01. The molecule has 2 aliphatic heterocycles. The Balaban J connectivity index is 1.57. The maximum absolute atomic E-state index is 4.55. The lowest BCUT2D eigenvalue weighted by atomic mass is 9.81. The van der Waals surface area contributed by atoms with Crippen molar-refractivity contribution in [3.05, 3.63) is 37.1 Å². The van der Waals surface area contributed by atoms with Crippen molar-refractivity contribution >= 4 is 16.7 Å². The Kier molecular flexibility index (Phi) is 3.85. The Morgan fingerprint density at radius 1 is 1.04 bits per heavy atom. The van der Waals surface area contributed by atoms with E-state index < -0.39 is 0 Å². The normalized spacial score (nSPS) is 23.6. The second-order valence-corrected chi connectivity index (χ2v) is 7.54. The molecule has 2 saturated heterocycles. The summed E-state index contributed by atoms with van der Waals surface area (Å²) < 4.78 is 0. The highest BCUT2D eigenvalue weighted by atomic mass is 15.2. The zero-order chi connectivity index (χ0) is 17.4. The van der Waals surface area contributed by atoms with Gasteiger partial charge >= 0.3 is 0 Å². The van der Waals surface area contributed by atoms with Gasteiger partial charge in [0, 0.05) is 42.8 Å². The van der Waals surface area contributed by atoms with Crippen LogP contribution in [-0.4, -0.2) is 45.1 Å². The molecule has 5 rings (SSSR count). The van der Waals surface area contributed by atoms with Crippen molar-refractivity contribution in [2.24, 2.45) is 0 Å². The Morgan fingerprint density at radius 3 is 2.85 bits per heavy atom. The summed E-state index contributed by atoms with van der Waals surface area (Å²) in [4.78, 5) is 18.9. The standard InChI is InChI=1S/C20H24N6/c1-2-8-25-20(6-1)7-3-11-26(13-20)17-5-10-22-19-18(17)15(12-23-19)16-4-9-21-14-24-16/h4-5,9-10,12,14,25H,1-3,6-8,11,13H2,(H,22,23)/t20-/m1/s1. The quantitative estimate of drug-likeness (QED) is 0.745. The molecule has 0 bridgehead atoms. The van der Waals surface area contributed by atoms with Gasteiger partial charge in [-0.1, -0.05) is 6.42 Å². The van der Waals surface area contributed by atoms with E-state index in [1.54, 1.807) is 12.5 Å². The maximum Gasteiger partial charge on any atom is 0.140 e. The first-order valence-electron chi connectivity index (χ1n) is 9.57.